The maximum absolute atomic E-state index is 12.8. The van der Waals surface area contributed by atoms with Gasteiger partial charge in [-0.05, 0) is 48.7 Å². The van der Waals surface area contributed by atoms with E-state index in [4.69, 9.17) is 16.3 Å². The Hall–Kier alpha value is -2.57. The number of rotatable bonds is 3. The maximum atomic E-state index is 12.8. The van der Waals surface area contributed by atoms with E-state index in [0.717, 1.165) is 24.5 Å². The molecule has 3 heterocycles. The third-order valence-corrected chi connectivity index (χ3v) is 5.69. The molecule has 0 bridgehead atoms. The molecular formula is C22H25ClN4O2. The van der Waals surface area contributed by atoms with Crippen LogP contribution in [0.2, 0.25) is 5.02 Å². The zero-order valence-corrected chi connectivity index (χ0v) is 17.2. The average molecular weight is 413 g/mol. The monoisotopic (exact) mass is 412 g/mol. The van der Waals surface area contributed by atoms with E-state index in [9.17, 15) is 4.79 Å². The van der Waals surface area contributed by atoms with Gasteiger partial charge in [-0.25, -0.2) is 9.78 Å². The number of nitrogens with zero attached hydrogens (tertiary/aromatic N) is 3. The van der Waals surface area contributed by atoms with E-state index in [1.54, 1.807) is 6.20 Å². The Morgan fingerprint density at radius 2 is 2.07 bits per heavy atom. The molecule has 0 radical (unpaired) electrons. The summed E-state index contributed by atoms with van der Waals surface area (Å²) in [6, 6.07) is 11.7. The van der Waals surface area contributed by atoms with Crippen LogP contribution in [0.5, 0.6) is 0 Å². The number of ether oxygens (including phenoxy) is 1. The molecule has 4 rings (SSSR count). The Balaban J connectivity index is 1.36. The van der Waals surface area contributed by atoms with Gasteiger partial charge in [-0.15, -0.1) is 0 Å². The molecule has 2 aromatic rings. The minimum absolute atomic E-state index is 0.0495. The summed E-state index contributed by atoms with van der Waals surface area (Å²) in [6.07, 6.45) is 4.78. The quantitative estimate of drug-likeness (QED) is 0.817. The number of amides is 2. The van der Waals surface area contributed by atoms with Crippen molar-refractivity contribution in [2.45, 2.75) is 19.4 Å². The van der Waals surface area contributed by atoms with Gasteiger partial charge >= 0.3 is 6.03 Å². The van der Waals surface area contributed by atoms with Gasteiger partial charge in [0.2, 0.25) is 0 Å². The fourth-order valence-corrected chi connectivity index (χ4v) is 4.05. The molecular weight excluding hydrogens is 388 g/mol. The molecule has 0 unspecified atom stereocenters. The summed E-state index contributed by atoms with van der Waals surface area (Å²) < 4.78 is 5.36. The van der Waals surface area contributed by atoms with Crippen molar-refractivity contribution in [3.8, 4) is 0 Å². The summed E-state index contributed by atoms with van der Waals surface area (Å²) in [5.74, 6) is 0.777. The molecule has 152 valence electrons. The molecule has 1 fully saturated rings. The van der Waals surface area contributed by atoms with Gasteiger partial charge in [0.05, 0.1) is 18.2 Å². The van der Waals surface area contributed by atoms with E-state index in [2.05, 4.69) is 33.4 Å². The lowest BCUT2D eigenvalue weighted by Crippen LogP contribution is -2.55. The van der Waals surface area contributed by atoms with Crippen LogP contribution >= 0.6 is 11.6 Å². The summed E-state index contributed by atoms with van der Waals surface area (Å²) >= 11 is 6.27. The van der Waals surface area contributed by atoms with Gasteiger partial charge in [0.15, 0.2) is 0 Å². The summed E-state index contributed by atoms with van der Waals surface area (Å²) in [6.45, 7) is 5.48. The third-order valence-electron chi connectivity index (χ3n) is 5.40. The van der Waals surface area contributed by atoms with E-state index in [1.807, 2.05) is 36.1 Å². The molecule has 2 aliphatic heterocycles. The molecule has 1 aromatic carbocycles. The number of piperazine rings is 1. The summed E-state index contributed by atoms with van der Waals surface area (Å²) in [7, 11) is 0. The van der Waals surface area contributed by atoms with Gasteiger partial charge < -0.3 is 19.9 Å². The number of nitrogens with one attached hydrogen (secondary N) is 1. The first-order valence-corrected chi connectivity index (χ1v) is 10.3. The molecule has 0 spiro atoms. The molecule has 1 atom stereocenters. The van der Waals surface area contributed by atoms with Crippen LogP contribution in [0.1, 0.15) is 18.9 Å². The van der Waals surface area contributed by atoms with E-state index >= 15 is 0 Å². The fraction of sp³-hybridized carbons (Fsp3) is 0.364. The maximum Gasteiger partial charge on any atom is 0.322 e. The molecule has 0 saturated carbocycles. The number of halogens is 1. The smallest absolute Gasteiger partial charge is 0.322 e. The first-order valence-electron chi connectivity index (χ1n) is 9.92. The zero-order chi connectivity index (χ0) is 20.2. The number of hydrogen-bond acceptors (Lipinski definition) is 4. The minimum Gasteiger partial charge on any atom is -0.377 e. The van der Waals surface area contributed by atoms with Gasteiger partial charge in [-0.1, -0.05) is 29.8 Å². The molecule has 2 amide bonds. The van der Waals surface area contributed by atoms with Crippen molar-refractivity contribution < 1.29 is 9.53 Å². The van der Waals surface area contributed by atoms with Crippen molar-refractivity contribution in [1.29, 1.82) is 0 Å². The fourth-order valence-electron chi connectivity index (χ4n) is 3.81. The van der Waals surface area contributed by atoms with E-state index < -0.39 is 0 Å². The molecule has 1 N–H and O–H groups in total. The number of aromatic nitrogens is 1. The Morgan fingerprint density at radius 3 is 2.76 bits per heavy atom. The second-order valence-electron chi connectivity index (χ2n) is 7.36. The molecule has 6 nitrogen and oxygen atoms in total. The topological polar surface area (TPSA) is 57.7 Å². The second-order valence-corrected chi connectivity index (χ2v) is 7.77. The second kappa shape index (κ2) is 8.84. The Kier molecular flexibility index (Phi) is 6.02. The number of carbonyl (C=O) groups is 1. The van der Waals surface area contributed by atoms with Crippen LogP contribution in [0.4, 0.5) is 16.3 Å². The van der Waals surface area contributed by atoms with Crippen molar-refractivity contribution >= 4 is 34.7 Å². The highest BCUT2D eigenvalue weighted by Crippen LogP contribution is 2.26. The van der Waals surface area contributed by atoms with Gasteiger partial charge in [0.25, 0.3) is 0 Å². The predicted molar refractivity (Wildman–Crippen MR) is 117 cm³/mol. The number of carbonyl (C=O) groups excluding carboxylic acids is 1. The Labute approximate surface area is 176 Å². The Bertz CT molecular complexity index is 900. The van der Waals surface area contributed by atoms with Gasteiger partial charge in [-0.2, -0.15) is 0 Å². The van der Waals surface area contributed by atoms with Gasteiger partial charge in [0, 0.05) is 37.6 Å². The largest absolute Gasteiger partial charge is 0.377 e. The SMILES string of the molecule is C[C@@H]1CN(c2ncccc2Cl)CCN1C(=O)Nc1ccc(C2=CCOCC2)cc1. The van der Waals surface area contributed by atoms with Crippen LogP contribution in [-0.4, -0.2) is 54.8 Å². The van der Waals surface area contributed by atoms with Crippen molar-refractivity contribution in [3.05, 3.63) is 59.3 Å². The lowest BCUT2D eigenvalue weighted by Gasteiger charge is -2.40. The lowest BCUT2D eigenvalue weighted by atomic mass is 10.0. The van der Waals surface area contributed by atoms with Gasteiger partial charge in [-0.3, -0.25) is 0 Å². The van der Waals surface area contributed by atoms with Crippen molar-refractivity contribution in [3.63, 3.8) is 0 Å². The number of pyridine rings is 1. The first kappa shape index (κ1) is 19.7. The van der Waals surface area contributed by atoms with Crippen LogP contribution in [0.3, 0.4) is 0 Å². The van der Waals surface area contributed by atoms with Crippen LogP contribution in [-0.2, 0) is 4.74 Å². The van der Waals surface area contributed by atoms with E-state index in [0.29, 0.717) is 31.3 Å². The average Bonchev–Trinajstić information content (AvgIpc) is 2.75. The van der Waals surface area contributed by atoms with E-state index in [1.165, 1.54) is 11.1 Å². The van der Waals surface area contributed by atoms with Crippen LogP contribution in [0, 0.1) is 0 Å². The first-order chi connectivity index (χ1) is 14.1. The Morgan fingerprint density at radius 1 is 1.24 bits per heavy atom. The minimum atomic E-state index is -0.0812. The van der Waals surface area contributed by atoms with E-state index in [-0.39, 0.29) is 12.1 Å². The third kappa shape index (κ3) is 4.54. The molecule has 1 saturated heterocycles. The molecule has 2 aliphatic rings. The summed E-state index contributed by atoms with van der Waals surface area (Å²) in [5, 5.41) is 3.66. The van der Waals surface area contributed by atoms with Crippen molar-refractivity contribution in [1.82, 2.24) is 9.88 Å². The van der Waals surface area contributed by atoms with Crippen molar-refractivity contribution in [2.75, 3.05) is 43.1 Å². The molecule has 29 heavy (non-hydrogen) atoms. The normalized spacial score (nSPS) is 19.7. The van der Waals surface area contributed by atoms with Crippen LogP contribution in [0.25, 0.3) is 5.57 Å². The van der Waals surface area contributed by atoms with Gasteiger partial charge in [0.1, 0.15) is 5.82 Å². The standard InChI is InChI=1S/C22H25ClN4O2/c1-16-15-26(21-20(23)3-2-10-24-21)11-12-27(16)22(28)25-19-6-4-17(5-7-19)18-8-13-29-14-9-18/h2-8,10,16H,9,11-15H2,1H3,(H,25,28)/t16-/m1/s1. The highest BCUT2D eigenvalue weighted by atomic mass is 35.5. The number of hydrogen-bond donors (Lipinski definition) is 1. The summed E-state index contributed by atoms with van der Waals surface area (Å²) in [4.78, 5) is 21.2. The zero-order valence-electron chi connectivity index (χ0n) is 16.5. The number of anilines is 2. The van der Waals surface area contributed by atoms with Crippen LogP contribution < -0.4 is 10.2 Å². The highest BCUT2D eigenvalue weighted by molar-refractivity contribution is 6.32. The molecule has 1 aromatic heterocycles. The van der Waals surface area contributed by atoms with Crippen molar-refractivity contribution in [2.24, 2.45) is 0 Å². The number of benzene rings is 1. The molecule has 0 aliphatic carbocycles. The highest BCUT2D eigenvalue weighted by Gasteiger charge is 2.28. The lowest BCUT2D eigenvalue weighted by molar-refractivity contribution is 0.161. The molecule has 7 heteroatoms. The van der Waals surface area contributed by atoms with Crippen LogP contribution in [0.15, 0.2) is 48.7 Å². The number of urea groups is 1. The summed E-state index contributed by atoms with van der Waals surface area (Å²) in [5.41, 5.74) is 3.28. The predicted octanol–water partition coefficient (Wildman–Crippen LogP) is 4.28.